The summed E-state index contributed by atoms with van der Waals surface area (Å²) in [4.78, 5) is 15.2. The second-order valence-electron chi connectivity index (χ2n) is 6.75. The first kappa shape index (κ1) is 20.0. The van der Waals surface area contributed by atoms with Crippen LogP contribution in [0.1, 0.15) is 24.8 Å². The topological polar surface area (TPSA) is 23.6 Å². The van der Waals surface area contributed by atoms with E-state index in [9.17, 15) is 18.0 Å². The molecular formula is C18H24ClF3N2O. The molecule has 0 aromatic heterocycles. The minimum atomic E-state index is -4.44. The third kappa shape index (κ3) is 7.24. The molecule has 0 bridgehead atoms. The molecule has 1 unspecified atom stereocenters. The molecule has 1 heterocycles. The fourth-order valence-corrected chi connectivity index (χ4v) is 3.36. The molecule has 140 valence electrons. The normalized spacial score (nSPS) is 19.0. The molecule has 0 N–H and O–H groups in total. The number of nitrogens with zero attached hydrogens (tertiary/aromatic N) is 2. The van der Waals surface area contributed by atoms with E-state index >= 15 is 0 Å². The van der Waals surface area contributed by atoms with E-state index in [1.54, 1.807) is 0 Å². The number of hydrogen-bond donors (Lipinski definition) is 0. The van der Waals surface area contributed by atoms with Crippen LogP contribution in [0, 0.1) is 5.92 Å². The largest absolute Gasteiger partial charge is 0.397 e. The highest BCUT2D eigenvalue weighted by atomic mass is 35.5. The number of amides is 1. The minimum absolute atomic E-state index is 0.223. The van der Waals surface area contributed by atoms with Gasteiger partial charge in [-0.3, -0.25) is 4.79 Å². The standard InChI is InChI=1S/C18H24ClF3N2O/c1-23(17(25)11-18(20,21)22)12-15-3-2-9-24(13-15)10-8-14-4-6-16(19)7-5-14/h4-7,15H,2-3,8-13H2,1H3. The van der Waals surface area contributed by atoms with Crippen molar-refractivity contribution in [3.8, 4) is 0 Å². The van der Waals surface area contributed by atoms with Crippen molar-refractivity contribution < 1.29 is 18.0 Å². The maximum Gasteiger partial charge on any atom is 0.397 e. The summed E-state index contributed by atoms with van der Waals surface area (Å²) in [5.74, 6) is -0.632. The number of piperidine rings is 1. The molecule has 25 heavy (non-hydrogen) atoms. The van der Waals surface area contributed by atoms with Gasteiger partial charge in [0.25, 0.3) is 0 Å². The van der Waals surface area contributed by atoms with Gasteiger partial charge in [0, 0.05) is 31.7 Å². The Morgan fingerprint density at radius 2 is 2.00 bits per heavy atom. The van der Waals surface area contributed by atoms with Gasteiger partial charge >= 0.3 is 6.18 Å². The summed E-state index contributed by atoms with van der Waals surface area (Å²) >= 11 is 5.88. The third-order valence-electron chi connectivity index (χ3n) is 4.54. The Labute approximate surface area is 151 Å². The Bertz CT molecular complexity index is 562. The molecule has 0 spiro atoms. The number of halogens is 4. The SMILES string of the molecule is CN(CC1CCCN(CCc2ccc(Cl)cc2)C1)C(=O)CC(F)(F)F. The van der Waals surface area contributed by atoms with Crippen LogP contribution in [0.25, 0.3) is 0 Å². The lowest BCUT2D eigenvalue weighted by Crippen LogP contribution is -2.42. The third-order valence-corrected chi connectivity index (χ3v) is 4.79. The molecule has 2 rings (SSSR count). The predicted octanol–water partition coefficient (Wildman–Crippen LogP) is 4.01. The summed E-state index contributed by atoms with van der Waals surface area (Å²) in [5.41, 5.74) is 1.21. The van der Waals surface area contributed by atoms with Gasteiger partial charge in [-0.15, -0.1) is 0 Å². The van der Waals surface area contributed by atoms with Gasteiger partial charge in [-0.1, -0.05) is 23.7 Å². The van der Waals surface area contributed by atoms with Gasteiger partial charge < -0.3 is 9.80 Å². The molecule has 1 atom stereocenters. The van der Waals surface area contributed by atoms with Crippen LogP contribution in [-0.4, -0.2) is 55.1 Å². The average Bonchev–Trinajstić information content (AvgIpc) is 2.53. The summed E-state index contributed by atoms with van der Waals surface area (Å²) in [6, 6.07) is 7.76. The van der Waals surface area contributed by atoms with Gasteiger partial charge in [-0.2, -0.15) is 13.2 Å². The lowest BCUT2D eigenvalue weighted by atomic mass is 9.97. The first-order valence-electron chi connectivity index (χ1n) is 8.50. The van der Waals surface area contributed by atoms with Crippen molar-refractivity contribution in [2.75, 3.05) is 33.2 Å². The van der Waals surface area contributed by atoms with Crippen LogP contribution in [-0.2, 0) is 11.2 Å². The van der Waals surface area contributed by atoms with Crippen molar-refractivity contribution in [2.45, 2.75) is 31.9 Å². The van der Waals surface area contributed by atoms with Crippen LogP contribution in [0.15, 0.2) is 24.3 Å². The Balaban J connectivity index is 1.78. The van der Waals surface area contributed by atoms with Gasteiger partial charge in [0.1, 0.15) is 6.42 Å². The lowest BCUT2D eigenvalue weighted by molar-refractivity contribution is -0.161. The fourth-order valence-electron chi connectivity index (χ4n) is 3.24. The van der Waals surface area contributed by atoms with Gasteiger partial charge in [-0.25, -0.2) is 0 Å². The molecule has 7 heteroatoms. The van der Waals surface area contributed by atoms with Crippen molar-refractivity contribution in [1.82, 2.24) is 9.80 Å². The first-order valence-corrected chi connectivity index (χ1v) is 8.88. The van der Waals surface area contributed by atoms with Gasteiger partial charge in [0.05, 0.1) is 0 Å². The van der Waals surface area contributed by atoms with Crippen LogP contribution < -0.4 is 0 Å². The molecule has 1 aliphatic rings. The number of likely N-dealkylation sites (tertiary alicyclic amines) is 1. The molecule has 1 saturated heterocycles. The van der Waals surface area contributed by atoms with E-state index in [0.29, 0.717) is 11.6 Å². The lowest BCUT2D eigenvalue weighted by Gasteiger charge is -2.34. The summed E-state index contributed by atoms with van der Waals surface area (Å²) in [5, 5.41) is 0.716. The summed E-state index contributed by atoms with van der Waals surface area (Å²) < 4.78 is 37.0. The molecule has 1 aromatic carbocycles. The minimum Gasteiger partial charge on any atom is -0.345 e. The zero-order valence-electron chi connectivity index (χ0n) is 14.4. The van der Waals surface area contributed by atoms with E-state index in [-0.39, 0.29) is 5.92 Å². The zero-order valence-corrected chi connectivity index (χ0v) is 15.1. The summed E-state index contributed by atoms with van der Waals surface area (Å²) in [6.45, 7) is 3.09. The molecule has 3 nitrogen and oxygen atoms in total. The van der Waals surface area contributed by atoms with Crippen molar-refractivity contribution in [3.05, 3.63) is 34.9 Å². The van der Waals surface area contributed by atoms with Crippen LogP contribution in [0.4, 0.5) is 13.2 Å². The number of benzene rings is 1. The van der Waals surface area contributed by atoms with Gasteiger partial charge in [0.2, 0.25) is 5.91 Å². The molecule has 1 aliphatic heterocycles. The molecule has 1 amide bonds. The second kappa shape index (κ2) is 8.90. The van der Waals surface area contributed by atoms with Crippen molar-refractivity contribution in [3.63, 3.8) is 0 Å². The molecule has 0 radical (unpaired) electrons. The number of carbonyl (C=O) groups excluding carboxylic acids is 1. The molecular weight excluding hydrogens is 353 g/mol. The quantitative estimate of drug-likeness (QED) is 0.749. The molecule has 1 fully saturated rings. The van der Waals surface area contributed by atoms with E-state index in [1.165, 1.54) is 17.5 Å². The Hall–Kier alpha value is -1.27. The van der Waals surface area contributed by atoms with Crippen LogP contribution in [0.5, 0.6) is 0 Å². The van der Waals surface area contributed by atoms with Crippen molar-refractivity contribution in [1.29, 1.82) is 0 Å². The smallest absolute Gasteiger partial charge is 0.345 e. The van der Waals surface area contributed by atoms with Crippen molar-refractivity contribution >= 4 is 17.5 Å². The van der Waals surface area contributed by atoms with E-state index in [0.717, 1.165) is 38.9 Å². The Kier molecular flexibility index (Phi) is 7.14. The monoisotopic (exact) mass is 376 g/mol. The highest BCUT2D eigenvalue weighted by Crippen LogP contribution is 2.22. The molecule has 0 aliphatic carbocycles. The average molecular weight is 377 g/mol. The summed E-state index contributed by atoms with van der Waals surface area (Å²) in [6.07, 6.45) is -2.96. The number of hydrogen-bond acceptors (Lipinski definition) is 2. The molecule has 0 saturated carbocycles. The van der Waals surface area contributed by atoms with Gasteiger partial charge in [-0.05, 0) is 49.4 Å². The van der Waals surface area contributed by atoms with Gasteiger partial charge in [0.15, 0.2) is 0 Å². The van der Waals surface area contributed by atoms with E-state index in [1.807, 2.05) is 24.3 Å². The second-order valence-corrected chi connectivity index (χ2v) is 7.19. The maximum absolute atomic E-state index is 12.3. The highest BCUT2D eigenvalue weighted by Gasteiger charge is 2.33. The van der Waals surface area contributed by atoms with E-state index < -0.39 is 18.5 Å². The Morgan fingerprint density at radius 1 is 1.32 bits per heavy atom. The highest BCUT2D eigenvalue weighted by molar-refractivity contribution is 6.30. The predicted molar refractivity (Wildman–Crippen MR) is 92.6 cm³/mol. The zero-order chi connectivity index (χ0) is 18.4. The molecule has 1 aromatic rings. The van der Waals surface area contributed by atoms with Crippen LogP contribution >= 0.6 is 11.6 Å². The van der Waals surface area contributed by atoms with Crippen LogP contribution in [0.2, 0.25) is 5.02 Å². The number of carbonyl (C=O) groups is 1. The first-order chi connectivity index (χ1) is 11.7. The van der Waals surface area contributed by atoms with E-state index in [2.05, 4.69) is 4.90 Å². The van der Waals surface area contributed by atoms with E-state index in [4.69, 9.17) is 11.6 Å². The van der Waals surface area contributed by atoms with Crippen LogP contribution in [0.3, 0.4) is 0 Å². The van der Waals surface area contributed by atoms with Crippen molar-refractivity contribution in [2.24, 2.45) is 5.92 Å². The maximum atomic E-state index is 12.3. The Morgan fingerprint density at radius 3 is 2.64 bits per heavy atom. The fraction of sp³-hybridized carbons (Fsp3) is 0.611. The number of alkyl halides is 3. The summed E-state index contributed by atoms with van der Waals surface area (Å²) in [7, 11) is 1.46. The number of rotatable bonds is 6.